The molecule has 1 saturated carbocycles. The molecule has 0 aliphatic heterocycles. The fourth-order valence-electron chi connectivity index (χ4n) is 3.40. The second kappa shape index (κ2) is 6.14. The van der Waals surface area contributed by atoms with Crippen LogP contribution in [0.2, 0.25) is 0 Å². The lowest BCUT2D eigenvalue weighted by atomic mass is 10.1. The van der Waals surface area contributed by atoms with Crippen molar-refractivity contribution < 1.29 is 19.2 Å². The smallest absolute Gasteiger partial charge is 0.306 e. The van der Waals surface area contributed by atoms with Crippen LogP contribution in [0.15, 0.2) is 16.7 Å². The van der Waals surface area contributed by atoms with E-state index >= 15 is 0 Å². The first-order valence-corrected chi connectivity index (χ1v) is 8.03. The number of aliphatic carboxylic acids is 1. The zero-order chi connectivity index (χ0) is 17.4. The van der Waals surface area contributed by atoms with E-state index in [1.165, 1.54) is 0 Å². The van der Waals surface area contributed by atoms with Gasteiger partial charge in [-0.3, -0.25) is 14.2 Å². The summed E-state index contributed by atoms with van der Waals surface area (Å²) >= 11 is 0. The number of hydrogen-bond acceptors (Lipinski definition) is 4. The highest BCUT2D eigenvalue weighted by Gasteiger charge is 2.31. The maximum atomic E-state index is 12.6. The Bertz CT molecular complexity index is 790. The lowest BCUT2D eigenvalue weighted by molar-refractivity contribution is -0.141. The third-order valence-corrected chi connectivity index (χ3v) is 4.64. The third-order valence-electron chi connectivity index (χ3n) is 4.64. The van der Waals surface area contributed by atoms with Crippen LogP contribution in [0.5, 0.6) is 0 Å². The molecule has 7 nitrogen and oxygen atoms in total. The SMILES string of the molecule is Cc1cc(-n2c(C)cc(C(=O)N[C@@H]3CC[C@H](C(=O)O)C3)c2C)no1. The number of carboxylic acids is 1. The van der Waals surface area contributed by atoms with Crippen LogP contribution in [-0.4, -0.2) is 32.7 Å². The average Bonchev–Trinajstić information content (AvgIpc) is 3.19. The molecule has 2 heterocycles. The molecule has 24 heavy (non-hydrogen) atoms. The summed E-state index contributed by atoms with van der Waals surface area (Å²) in [7, 11) is 0. The summed E-state index contributed by atoms with van der Waals surface area (Å²) in [4.78, 5) is 23.6. The maximum Gasteiger partial charge on any atom is 0.306 e. The molecule has 1 aliphatic carbocycles. The van der Waals surface area contributed by atoms with E-state index in [1.54, 1.807) is 0 Å². The number of amides is 1. The number of nitrogens with zero attached hydrogens (tertiary/aromatic N) is 2. The topological polar surface area (TPSA) is 97.4 Å². The zero-order valence-corrected chi connectivity index (χ0v) is 14.0. The van der Waals surface area contributed by atoms with Crippen LogP contribution in [-0.2, 0) is 4.79 Å². The summed E-state index contributed by atoms with van der Waals surface area (Å²) in [5.41, 5.74) is 2.25. The Labute approximate surface area is 139 Å². The monoisotopic (exact) mass is 331 g/mol. The van der Waals surface area contributed by atoms with Gasteiger partial charge in [-0.2, -0.15) is 0 Å². The molecule has 0 aromatic carbocycles. The van der Waals surface area contributed by atoms with Crippen molar-refractivity contribution in [1.82, 2.24) is 15.0 Å². The minimum Gasteiger partial charge on any atom is -0.481 e. The second-order valence-corrected chi connectivity index (χ2v) is 6.43. The predicted molar refractivity (Wildman–Crippen MR) is 86.3 cm³/mol. The van der Waals surface area contributed by atoms with Gasteiger partial charge in [0, 0.05) is 23.5 Å². The van der Waals surface area contributed by atoms with Crippen molar-refractivity contribution in [2.24, 2.45) is 5.92 Å². The van der Waals surface area contributed by atoms with Crippen LogP contribution in [0.1, 0.15) is 46.8 Å². The van der Waals surface area contributed by atoms with E-state index in [2.05, 4.69) is 10.5 Å². The van der Waals surface area contributed by atoms with Gasteiger partial charge in [0.25, 0.3) is 5.91 Å². The summed E-state index contributed by atoms with van der Waals surface area (Å²) in [6, 6.07) is 3.55. The Morgan fingerprint density at radius 3 is 2.62 bits per heavy atom. The third kappa shape index (κ3) is 2.93. The minimum absolute atomic E-state index is 0.0871. The summed E-state index contributed by atoms with van der Waals surface area (Å²) in [5, 5.41) is 16.0. The fourth-order valence-corrected chi connectivity index (χ4v) is 3.40. The van der Waals surface area contributed by atoms with Gasteiger partial charge in [0.15, 0.2) is 5.82 Å². The quantitative estimate of drug-likeness (QED) is 0.896. The molecule has 2 aromatic heterocycles. The van der Waals surface area contributed by atoms with Gasteiger partial charge >= 0.3 is 5.97 Å². The van der Waals surface area contributed by atoms with Gasteiger partial charge in [-0.15, -0.1) is 0 Å². The maximum absolute atomic E-state index is 12.6. The molecular formula is C17H21N3O4. The first kappa shape index (κ1) is 16.3. The number of carbonyl (C=O) groups is 2. The molecule has 7 heteroatoms. The number of rotatable bonds is 4. The molecule has 1 amide bonds. The van der Waals surface area contributed by atoms with E-state index in [0.29, 0.717) is 36.4 Å². The summed E-state index contributed by atoms with van der Waals surface area (Å²) < 4.78 is 6.99. The van der Waals surface area contributed by atoms with Crippen LogP contribution in [0.3, 0.4) is 0 Å². The summed E-state index contributed by atoms with van der Waals surface area (Å²) in [6.45, 7) is 5.59. The first-order chi connectivity index (χ1) is 11.4. The number of carbonyl (C=O) groups excluding carboxylic acids is 1. The Morgan fingerprint density at radius 2 is 2.04 bits per heavy atom. The molecule has 0 unspecified atom stereocenters. The standard InChI is InChI=1S/C17H21N3O4/c1-9-6-14(11(3)20(9)15-7-10(2)24-19-15)16(21)18-13-5-4-12(8-13)17(22)23/h6-7,12-13H,4-5,8H2,1-3H3,(H,18,21)(H,22,23)/t12-,13+/m0/s1. The molecule has 3 rings (SSSR count). The molecular weight excluding hydrogens is 310 g/mol. The summed E-state index contributed by atoms with van der Waals surface area (Å²) in [5.74, 6) is 0.0281. The molecule has 0 bridgehead atoms. The van der Waals surface area contributed by atoms with Gasteiger partial charge in [0.05, 0.1) is 11.5 Å². The molecule has 1 aliphatic rings. The van der Waals surface area contributed by atoms with Crippen molar-refractivity contribution in [3.8, 4) is 5.82 Å². The van der Waals surface area contributed by atoms with E-state index in [4.69, 9.17) is 9.63 Å². The Hall–Kier alpha value is -2.57. The number of aryl methyl sites for hydroxylation is 2. The number of nitrogens with one attached hydrogen (secondary N) is 1. The molecule has 1 fully saturated rings. The highest BCUT2D eigenvalue weighted by atomic mass is 16.5. The van der Waals surface area contributed by atoms with E-state index < -0.39 is 5.97 Å². The number of hydrogen-bond donors (Lipinski definition) is 2. The second-order valence-electron chi connectivity index (χ2n) is 6.43. The minimum atomic E-state index is -0.786. The molecule has 2 atom stereocenters. The van der Waals surface area contributed by atoms with Crippen molar-refractivity contribution in [2.45, 2.75) is 46.1 Å². The van der Waals surface area contributed by atoms with Crippen LogP contribution in [0, 0.1) is 26.7 Å². The van der Waals surface area contributed by atoms with E-state index in [9.17, 15) is 9.59 Å². The largest absolute Gasteiger partial charge is 0.481 e. The van der Waals surface area contributed by atoms with Crippen LogP contribution in [0.4, 0.5) is 0 Å². The van der Waals surface area contributed by atoms with E-state index in [-0.39, 0.29) is 17.9 Å². The van der Waals surface area contributed by atoms with Gasteiger partial charge in [-0.1, -0.05) is 5.16 Å². The molecule has 2 aromatic rings. The Morgan fingerprint density at radius 1 is 1.29 bits per heavy atom. The van der Waals surface area contributed by atoms with Crippen molar-refractivity contribution in [3.63, 3.8) is 0 Å². The van der Waals surface area contributed by atoms with Crippen molar-refractivity contribution >= 4 is 11.9 Å². The highest BCUT2D eigenvalue weighted by Crippen LogP contribution is 2.27. The molecule has 0 spiro atoms. The first-order valence-electron chi connectivity index (χ1n) is 8.03. The van der Waals surface area contributed by atoms with Crippen LogP contribution < -0.4 is 5.32 Å². The molecule has 2 N–H and O–H groups in total. The lowest BCUT2D eigenvalue weighted by Gasteiger charge is -2.12. The number of carboxylic acid groups (broad SMARTS) is 1. The normalized spacial score (nSPS) is 20.3. The molecule has 0 saturated heterocycles. The Kier molecular flexibility index (Phi) is 4.17. The van der Waals surface area contributed by atoms with Gasteiger partial charge in [-0.25, -0.2) is 0 Å². The summed E-state index contributed by atoms with van der Waals surface area (Å²) in [6.07, 6.45) is 1.80. The van der Waals surface area contributed by atoms with E-state index in [0.717, 1.165) is 11.4 Å². The molecule has 128 valence electrons. The van der Waals surface area contributed by atoms with Crippen molar-refractivity contribution in [3.05, 3.63) is 34.8 Å². The van der Waals surface area contributed by atoms with Gasteiger partial charge in [0.2, 0.25) is 0 Å². The van der Waals surface area contributed by atoms with Crippen LogP contribution in [0.25, 0.3) is 5.82 Å². The van der Waals surface area contributed by atoms with Gasteiger partial charge < -0.3 is 14.9 Å². The van der Waals surface area contributed by atoms with Gasteiger partial charge in [-0.05, 0) is 46.1 Å². The van der Waals surface area contributed by atoms with E-state index in [1.807, 2.05) is 37.5 Å². The Balaban J connectivity index is 1.78. The predicted octanol–water partition coefficient (Wildman–Crippen LogP) is 2.37. The van der Waals surface area contributed by atoms with Gasteiger partial charge in [0.1, 0.15) is 5.76 Å². The zero-order valence-electron chi connectivity index (χ0n) is 14.0. The number of aromatic nitrogens is 2. The highest BCUT2D eigenvalue weighted by molar-refractivity contribution is 5.96. The lowest BCUT2D eigenvalue weighted by Crippen LogP contribution is -2.33. The van der Waals surface area contributed by atoms with Crippen molar-refractivity contribution in [1.29, 1.82) is 0 Å². The molecule has 0 radical (unpaired) electrons. The van der Waals surface area contributed by atoms with Crippen LogP contribution >= 0.6 is 0 Å². The average molecular weight is 331 g/mol. The van der Waals surface area contributed by atoms with Crippen molar-refractivity contribution in [2.75, 3.05) is 0 Å². The fraction of sp³-hybridized carbons (Fsp3) is 0.471.